The predicted molar refractivity (Wildman–Crippen MR) is 77.5 cm³/mol. The topological polar surface area (TPSA) is 47.7 Å². The second kappa shape index (κ2) is 6.26. The van der Waals surface area contributed by atoms with Crippen molar-refractivity contribution in [3.05, 3.63) is 23.8 Å². The third-order valence-electron chi connectivity index (χ3n) is 3.49. The van der Waals surface area contributed by atoms with Crippen LogP contribution in [0.15, 0.2) is 18.2 Å². The number of nitrogens with zero attached hydrogens (tertiary/aromatic N) is 1. The van der Waals surface area contributed by atoms with Crippen molar-refractivity contribution in [1.82, 2.24) is 4.90 Å². The molecule has 1 aliphatic heterocycles. The summed E-state index contributed by atoms with van der Waals surface area (Å²) in [6.45, 7) is 9.68. The van der Waals surface area contributed by atoms with E-state index in [1.807, 2.05) is 25.1 Å². The van der Waals surface area contributed by atoms with Gasteiger partial charge >= 0.3 is 0 Å². The highest BCUT2D eigenvalue weighted by molar-refractivity contribution is 5.54. The molecule has 2 N–H and O–H groups in total. The predicted octanol–water partition coefficient (Wildman–Crippen LogP) is 2.07. The molecule has 0 saturated carbocycles. The molecule has 0 aliphatic carbocycles. The van der Waals surface area contributed by atoms with E-state index in [0.717, 1.165) is 31.0 Å². The van der Waals surface area contributed by atoms with Gasteiger partial charge in [0.2, 0.25) is 0 Å². The second-order valence-corrected chi connectivity index (χ2v) is 5.43. The van der Waals surface area contributed by atoms with Gasteiger partial charge in [-0.1, -0.05) is 6.07 Å². The molecule has 1 unspecified atom stereocenters. The highest BCUT2D eigenvalue weighted by Gasteiger charge is 2.22. The molecular weight excluding hydrogens is 240 g/mol. The number of anilines is 1. The van der Waals surface area contributed by atoms with Crippen LogP contribution in [0.5, 0.6) is 5.75 Å². The lowest BCUT2D eigenvalue weighted by Gasteiger charge is -2.35. The van der Waals surface area contributed by atoms with E-state index in [9.17, 15) is 0 Å². The minimum absolute atomic E-state index is 0.122. The van der Waals surface area contributed by atoms with Gasteiger partial charge in [0.15, 0.2) is 0 Å². The summed E-state index contributed by atoms with van der Waals surface area (Å²) in [4.78, 5) is 2.41. The van der Waals surface area contributed by atoms with Crippen LogP contribution in [-0.2, 0) is 4.74 Å². The van der Waals surface area contributed by atoms with Crippen LogP contribution in [0.1, 0.15) is 19.4 Å². The van der Waals surface area contributed by atoms with Crippen molar-refractivity contribution in [2.75, 3.05) is 32.0 Å². The molecule has 1 aromatic carbocycles. The first kappa shape index (κ1) is 14.2. The molecule has 19 heavy (non-hydrogen) atoms. The average Bonchev–Trinajstić information content (AvgIpc) is 2.38. The number of aryl methyl sites for hydroxylation is 1. The molecule has 0 aromatic heterocycles. The summed E-state index contributed by atoms with van der Waals surface area (Å²) >= 11 is 0. The van der Waals surface area contributed by atoms with Crippen LogP contribution < -0.4 is 10.5 Å². The van der Waals surface area contributed by atoms with Crippen LogP contribution in [0.4, 0.5) is 5.69 Å². The van der Waals surface area contributed by atoms with E-state index >= 15 is 0 Å². The van der Waals surface area contributed by atoms with E-state index in [4.69, 9.17) is 15.2 Å². The minimum atomic E-state index is 0.122. The van der Waals surface area contributed by atoms with Crippen molar-refractivity contribution in [3.63, 3.8) is 0 Å². The summed E-state index contributed by atoms with van der Waals surface area (Å²) in [5.74, 6) is 0.746. The fraction of sp³-hybridized carbons (Fsp3) is 0.600. The highest BCUT2D eigenvalue weighted by atomic mass is 16.5. The van der Waals surface area contributed by atoms with Crippen molar-refractivity contribution in [3.8, 4) is 5.75 Å². The molecule has 1 atom stereocenters. The zero-order chi connectivity index (χ0) is 13.8. The molecule has 106 valence electrons. The molecule has 1 aliphatic rings. The van der Waals surface area contributed by atoms with Gasteiger partial charge in [0, 0.05) is 19.1 Å². The monoisotopic (exact) mass is 264 g/mol. The molecule has 1 heterocycles. The van der Waals surface area contributed by atoms with Crippen molar-refractivity contribution in [1.29, 1.82) is 0 Å². The third-order valence-corrected chi connectivity index (χ3v) is 3.49. The summed E-state index contributed by atoms with van der Waals surface area (Å²) in [6, 6.07) is 6.41. The Morgan fingerprint density at radius 1 is 1.47 bits per heavy atom. The molecule has 2 rings (SSSR count). The molecular formula is C15H24N2O2. The quantitative estimate of drug-likeness (QED) is 0.846. The van der Waals surface area contributed by atoms with Crippen molar-refractivity contribution >= 4 is 5.69 Å². The summed E-state index contributed by atoms with van der Waals surface area (Å²) < 4.78 is 11.5. The third kappa shape index (κ3) is 3.85. The largest absolute Gasteiger partial charge is 0.489 e. The SMILES string of the molecule is Cc1ccc(OCC2CN(C(C)C)CCO2)c(N)c1. The minimum Gasteiger partial charge on any atom is -0.489 e. The first-order valence-electron chi connectivity index (χ1n) is 6.91. The van der Waals surface area contributed by atoms with Crippen LogP contribution >= 0.6 is 0 Å². The van der Waals surface area contributed by atoms with Crippen molar-refractivity contribution in [2.24, 2.45) is 0 Å². The van der Waals surface area contributed by atoms with Crippen LogP contribution in [0.3, 0.4) is 0 Å². The smallest absolute Gasteiger partial charge is 0.142 e. The van der Waals surface area contributed by atoms with Crippen LogP contribution in [-0.4, -0.2) is 43.3 Å². The number of nitrogen functional groups attached to an aromatic ring is 1. The summed E-state index contributed by atoms with van der Waals surface area (Å²) in [5.41, 5.74) is 7.77. The lowest BCUT2D eigenvalue weighted by molar-refractivity contribution is -0.0563. The Morgan fingerprint density at radius 2 is 2.26 bits per heavy atom. The first-order chi connectivity index (χ1) is 9.06. The molecule has 0 amide bonds. The van der Waals surface area contributed by atoms with E-state index in [2.05, 4.69) is 18.7 Å². The van der Waals surface area contributed by atoms with E-state index in [1.54, 1.807) is 0 Å². The number of benzene rings is 1. The maximum absolute atomic E-state index is 5.94. The van der Waals surface area contributed by atoms with E-state index in [0.29, 0.717) is 18.3 Å². The molecule has 1 saturated heterocycles. The van der Waals surface area contributed by atoms with Crippen LogP contribution in [0.25, 0.3) is 0 Å². The number of hydrogen-bond donors (Lipinski definition) is 1. The standard InChI is InChI=1S/C15H24N2O2/c1-11(2)17-6-7-18-13(9-17)10-19-15-5-4-12(3)8-14(15)16/h4-5,8,11,13H,6-7,9-10,16H2,1-3H3. The van der Waals surface area contributed by atoms with Gasteiger partial charge in [0.1, 0.15) is 18.5 Å². The highest BCUT2D eigenvalue weighted by Crippen LogP contribution is 2.22. The van der Waals surface area contributed by atoms with Crippen LogP contribution in [0.2, 0.25) is 0 Å². The normalized spacial score (nSPS) is 20.7. The van der Waals surface area contributed by atoms with E-state index < -0.39 is 0 Å². The summed E-state index contributed by atoms with van der Waals surface area (Å²) in [5, 5.41) is 0. The van der Waals surface area contributed by atoms with Gasteiger partial charge < -0.3 is 15.2 Å². The van der Waals surface area contributed by atoms with Gasteiger partial charge in [0.25, 0.3) is 0 Å². The van der Waals surface area contributed by atoms with Gasteiger partial charge in [-0.25, -0.2) is 0 Å². The van der Waals surface area contributed by atoms with Crippen molar-refractivity contribution in [2.45, 2.75) is 32.9 Å². The van der Waals surface area contributed by atoms with Gasteiger partial charge in [0.05, 0.1) is 12.3 Å². The molecule has 1 fully saturated rings. The number of rotatable bonds is 4. The Kier molecular flexibility index (Phi) is 4.66. The van der Waals surface area contributed by atoms with Gasteiger partial charge in [-0.3, -0.25) is 4.90 Å². The first-order valence-corrected chi connectivity index (χ1v) is 6.91. The Hall–Kier alpha value is -1.26. The molecule has 0 spiro atoms. The molecule has 0 bridgehead atoms. The summed E-state index contributed by atoms with van der Waals surface area (Å²) in [7, 11) is 0. The zero-order valence-corrected chi connectivity index (χ0v) is 12.1. The number of hydrogen-bond acceptors (Lipinski definition) is 4. The van der Waals surface area contributed by atoms with E-state index in [1.165, 1.54) is 0 Å². The zero-order valence-electron chi connectivity index (χ0n) is 12.1. The fourth-order valence-electron chi connectivity index (χ4n) is 2.29. The maximum atomic E-state index is 5.94. The molecule has 4 nitrogen and oxygen atoms in total. The van der Waals surface area contributed by atoms with Crippen molar-refractivity contribution < 1.29 is 9.47 Å². The molecule has 0 radical (unpaired) electrons. The number of morpholine rings is 1. The van der Waals surface area contributed by atoms with Crippen LogP contribution in [0, 0.1) is 6.92 Å². The summed E-state index contributed by atoms with van der Waals surface area (Å²) in [6.07, 6.45) is 0.122. The number of nitrogens with two attached hydrogens (primary N) is 1. The average molecular weight is 264 g/mol. The Morgan fingerprint density at radius 3 is 2.95 bits per heavy atom. The Balaban J connectivity index is 1.88. The Labute approximate surface area is 115 Å². The fourth-order valence-corrected chi connectivity index (χ4v) is 2.29. The van der Waals surface area contributed by atoms with Gasteiger partial charge in [-0.05, 0) is 38.5 Å². The second-order valence-electron chi connectivity index (χ2n) is 5.43. The lowest BCUT2D eigenvalue weighted by atomic mass is 10.2. The van der Waals surface area contributed by atoms with Gasteiger partial charge in [-0.15, -0.1) is 0 Å². The molecule has 4 heteroatoms. The molecule has 1 aromatic rings. The lowest BCUT2D eigenvalue weighted by Crippen LogP contribution is -2.47. The number of ether oxygens (including phenoxy) is 2. The maximum Gasteiger partial charge on any atom is 0.142 e. The Bertz CT molecular complexity index is 421. The van der Waals surface area contributed by atoms with Gasteiger partial charge in [-0.2, -0.15) is 0 Å². The van der Waals surface area contributed by atoms with E-state index in [-0.39, 0.29) is 6.10 Å².